The molecule has 0 aliphatic carbocycles. The van der Waals surface area contributed by atoms with Gasteiger partial charge in [0.25, 0.3) is 0 Å². The maximum absolute atomic E-state index is 5.53. The molecule has 1 N–H and O–H groups in total. The number of hydrogen-bond donors (Lipinski definition) is 1. The topological polar surface area (TPSA) is 21.3 Å². The Bertz CT molecular complexity index is 329. The summed E-state index contributed by atoms with van der Waals surface area (Å²) in [6.07, 6.45) is 3.52. The fourth-order valence-electron chi connectivity index (χ4n) is 1.85. The molecule has 15 heavy (non-hydrogen) atoms. The van der Waals surface area contributed by atoms with Crippen molar-refractivity contribution in [1.29, 1.82) is 0 Å². The molecule has 0 aromatic heterocycles. The normalized spacial score (nSPS) is 25.5. The quantitative estimate of drug-likeness (QED) is 0.796. The summed E-state index contributed by atoms with van der Waals surface area (Å²) in [7, 11) is 0. The van der Waals surface area contributed by atoms with Crippen molar-refractivity contribution in [2.45, 2.75) is 30.4 Å². The molecule has 1 aromatic rings. The Labute approximate surface area is 95.4 Å². The second kappa shape index (κ2) is 4.90. The molecular formula is C12H17NOS. The van der Waals surface area contributed by atoms with Crippen molar-refractivity contribution in [3.05, 3.63) is 24.3 Å². The molecule has 1 fully saturated rings. The Morgan fingerprint density at radius 2 is 2.33 bits per heavy atom. The molecule has 82 valence electrons. The van der Waals surface area contributed by atoms with Crippen LogP contribution in [0.2, 0.25) is 0 Å². The van der Waals surface area contributed by atoms with E-state index in [1.807, 2.05) is 0 Å². The molecule has 1 heterocycles. The number of hydrogen-bond acceptors (Lipinski definition) is 3. The smallest absolute Gasteiger partial charge is 0.0748 e. The minimum Gasteiger partial charge on any atom is -0.380 e. The van der Waals surface area contributed by atoms with E-state index < -0.39 is 0 Å². The Morgan fingerprint density at radius 3 is 3.00 bits per heavy atom. The zero-order chi connectivity index (χ0) is 10.7. The number of rotatable bonds is 3. The van der Waals surface area contributed by atoms with Gasteiger partial charge < -0.3 is 10.1 Å². The lowest BCUT2D eigenvalue weighted by Crippen LogP contribution is -2.26. The fraction of sp³-hybridized carbons (Fsp3) is 0.500. The van der Waals surface area contributed by atoms with Gasteiger partial charge in [0.05, 0.1) is 12.1 Å². The third-order valence-corrected chi connectivity index (χ3v) is 3.52. The van der Waals surface area contributed by atoms with Crippen molar-refractivity contribution in [2.24, 2.45) is 0 Å². The highest BCUT2D eigenvalue weighted by Gasteiger charge is 2.23. The van der Waals surface area contributed by atoms with Gasteiger partial charge in [-0.3, -0.25) is 0 Å². The molecule has 0 amide bonds. The fourth-order valence-corrected chi connectivity index (χ4v) is 2.31. The van der Waals surface area contributed by atoms with Gasteiger partial charge in [-0.05, 0) is 37.8 Å². The first kappa shape index (κ1) is 10.8. The van der Waals surface area contributed by atoms with Crippen LogP contribution < -0.4 is 5.32 Å². The number of ether oxygens (including phenoxy) is 1. The predicted octanol–water partition coefficient (Wildman–Crippen LogP) is 3.00. The summed E-state index contributed by atoms with van der Waals surface area (Å²) in [6.45, 7) is 3.00. The lowest BCUT2D eigenvalue weighted by atomic mass is 10.1. The van der Waals surface area contributed by atoms with E-state index in [-0.39, 0.29) is 0 Å². The number of anilines is 1. The van der Waals surface area contributed by atoms with E-state index >= 15 is 0 Å². The largest absolute Gasteiger partial charge is 0.380 e. The summed E-state index contributed by atoms with van der Waals surface area (Å²) in [5.41, 5.74) is 1.20. The van der Waals surface area contributed by atoms with Crippen LogP contribution >= 0.6 is 11.8 Å². The Morgan fingerprint density at radius 1 is 1.47 bits per heavy atom. The highest BCUT2D eigenvalue weighted by molar-refractivity contribution is 7.98. The first-order valence-electron chi connectivity index (χ1n) is 5.32. The van der Waals surface area contributed by atoms with Crippen molar-refractivity contribution in [3.8, 4) is 0 Å². The van der Waals surface area contributed by atoms with E-state index in [2.05, 4.69) is 42.8 Å². The van der Waals surface area contributed by atoms with Gasteiger partial charge in [-0.15, -0.1) is 11.8 Å². The van der Waals surface area contributed by atoms with E-state index in [1.54, 1.807) is 11.8 Å². The molecule has 1 saturated heterocycles. The molecule has 0 unspecified atom stereocenters. The van der Waals surface area contributed by atoms with Crippen LogP contribution in [0.1, 0.15) is 13.3 Å². The van der Waals surface area contributed by atoms with Gasteiger partial charge in [0.2, 0.25) is 0 Å². The number of thioether (sulfide) groups is 1. The van der Waals surface area contributed by atoms with Crippen molar-refractivity contribution in [1.82, 2.24) is 0 Å². The maximum atomic E-state index is 5.53. The summed E-state index contributed by atoms with van der Waals surface area (Å²) in [5.74, 6) is 0. The monoisotopic (exact) mass is 223 g/mol. The zero-order valence-corrected chi connectivity index (χ0v) is 10.0. The first-order chi connectivity index (χ1) is 7.29. The van der Waals surface area contributed by atoms with Gasteiger partial charge in [-0.25, -0.2) is 0 Å². The number of nitrogens with one attached hydrogen (secondary N) is 1. The molecule has 0 spiro atoms. The summed E-state index contributed by atoms with van der Waals surface area (Å²) in [5, 5.41) is 3.53. The average molecular weight is 223 g/mol. The van der Waals surface area contributed by atoms with Gasteiger partial charge >= 0.3 is 0 Å². The molecule has 3 heteroatoms. The molecule has 0 radical (unpaired) electrons. The Kier molecular flexibility index (Phi) is 3.54. The predicted molar refractivity (Wildman–Crippen MR) is 65.7 cm³/mol. The van der Waals surface area contributed by atoms with E-state index in [4.69, 9.17) is 4.74 Å². The summed E-state index contributed by atoms with van der Waals surface area (Å²) >= 11 is 1.77. The van der Waals surface area contributed by atoms with Gasteiger partial charge in [0.1, 0.15) is 0 Å². The van der Waals surface area contributed by atoms with Crippen molar-refractivity contribution in [2.75, 3.05) is 18.2 Å². The second-order valence-electron chi connectivity index (χ2n) is 3.85. The van der Waals surface area contributed by atoms with Crippen LogP contribution in [-0.2, 0) is 4.74 Å². The Balaban J connectivity index is 2.03. The van der Waals surface area contributed by atoms with Crippen LogP contribution in [0.4, 0.5) is 5.69 Å². The Hall–Kier alpha value is -0.670. The van der Waals surface area contributed by atoms with E-state index in [0.717, 1.165) is 13.0 Å². The van der Waals surface area contributed by atoms with Gasteiger partial charge in [0.15, 0.2) is 0 Å². The summed E-state index contributed by atoms with van der Waals surface area (Å²) < 4.78 is 5.53. The van der Waals surface area contributed by atoms with Crippen LogP contribution in [0.3, 0.4) is 0 Å². The standard InChI is InChI=1S/C12H17NOS/c1-9-12(6-7-14-9)13-10-4-3-5-11(8-10)15-2/h3-5,8-9,12-13H,6-7H2,1-2H3/t9-,12+/m0/s1. The summed E-state index contributed by atoms with van der Waals surface area (Å²) in [6, 6.07) is 8.99. The number of benzene rings is 1. The summed E-state index contributed by atoms with van der Waals surface area (Å²) in [4.78, 5) is 1.30. The van der Waals surface area contributed by atoms with E-state index in [0.29, 0.717) is 12.1 Å². The maximum Gasteiger partial charge on any atom is 0.0748 e. The van der Waals surface area contributed by atoms with Crippen LogP contribution in [0, 0.1) is 0 Å². The molecule has 1 aromatic carbocycles. The van der Waals surface area contributed by atoms with Gasteiger partial charge in [-0.1, -0.05) is 6.07 Å². The molecular weight excluding hydrogens is 206 g/mol. The van der Waals surface area contributed by atoms with Crippen LogP contribution in [0.15, 0.2) is 29.2 Å². The van der Waals surface area contributed by atoms with Crippen molar-refractivity contribution >= 4 is 17.4 Å². The molecule has 1 aliphatic rings. The van der Waals surface area contributed by atoms with Crippen LogP contribution in [-0.4, -0.2) is 25.0 Å². The van der Waals surface area contributed by atoms with Crippen molar-refractivity contribution < 1.29 is 4.74 Å². The lowest BCUT2D eigenvalue weighted by Gasteiger charge is -2.17. The molecule has 1 aliphatic heterocycles. The minimum absolute atomic E-state index is 0.322. The van der Waals surface area contributed by atoms with Crippen LogP contribution in [0.25, 0.3) is 0 Å². The highest BCUT2D eigenvalue weighted by Crippen LogP contribution is 2.22. The van der Waals surface area contributed by atoms with Crippen molar-refractivity contribution in [3.63, 3.8) is 0 Å². The minimum atomic E-state index is 0.322. The SMILES string of the molecule is CSc1cccc(N[C@@H]2CCO[C@H]2C)c1. The second-order valence-corrected chi connectivity index (χ2v) is 4.73. The average Bonchev–Trinajstić information content (AvgIpc) is 2.65. The third kappa shape index (κ3) is 2.67. The van der Waals surface area contributed by atoms with Gasteiger partial charge in [0, 0.05) is 17.2 Å². The van der Waals surface area contributed by atoms with Gasteiger partial charge in [-0.2, -0.15) is 0 Å². The molecule has 0 saturated carbocycles. The lowest BCUT2D eigenvalue weighted by molar-refractivity contribution is 0.121. The van der Waals surface area contributed by atoms with E-state index in [9.17, 15) is 0 Å². The molecule has 0 bridgehead atoms. The zero-order valence-electron chi connectivity index (χ0n) is 9.19. The van der Waals surface area contributed by atoms with Crippen LogP contribution in [0.5, 0.6) is 0 Å². The highest BCUT2D eigenvalue weighted by atomic mass is 32.2. The molecule has 2 atom stereocenters. The first-order valence-corrected chi connectivity index (χ1v) is 6.54. The molecule has 2 rings (SSSR count). The third-order valence-electron chi connectivity index (χ3n) is 2.80. The van der Waals surface area contributed by atoms with E-state index in [1.165, 1.54) is 10.6 Å². The molecule has 2 nitrogen and oxygen atoms in total.